The number of aromatic nitrogens is 2. The van der Waals surface area contributed by atoms with Gasteiger partial charge in [-0.25, -0.2) is 9.78 Å². The first-order valence-electron chi connectivity index (χ1n) is 10.8. The van der Waals surface area contributed by atoms with E-state index in [9.17, 15) is 14.7 Å². The molecule has 0 saturated carbocycles. The minimum Gasteiger partial charge on any atom is -0.462 e. The molecule has 0 bridgehead atoms. The van der Waals surface area contributed by atoms with E-state index in [1.807, 2.05) is 0 Å². The Labute approximate surface area is 186 Å². The van der Waals surface area contributed by atoms with Gasteiger partial charge < -0.3 is 19.6 Å². The van der Waals surface area contributed by atoms with Crippen molar-refractivity contribution in [1.29, 1.82) is 0 Å². The molecule has 0 aromatic carbocycles. The Kier molecular flexibility index (Phi) is 8.56. The van der Waals surface area contributed by atoms with Crippen molar-refractivity contribution in [2.75, 3.05) is 52.5 Å². The van der Waals surface area contributed by atoms with Crippen LogP contribution in [0.15, 0.2) is 4.79 Å². The van der Waals surface area contributed by atoms with Gasteiger partial charge in [-0.2, -0.15) is 0 Å². The maximum atomic E-state index is 12.7. The highest BCUT2D eigenvalue weighted by molar-refractivity contribution is 7.20. The molecule has 2 aromatic heterocycles. The number of aliphatic hydroxyl groups is 1. The Hall–Kier alpha value is -1.85. The van der Waals surface area contributed by atoms with Crippen LogP contribution in [0, 0.1) is 6.92 Å². The Morgan fingerprint density at radius 2 is 2.13 bits per heavy atom. The zero-order valence-corrected chi connectivity index (χ0v) is 19.3. The fourth-order valence-corrected chi connectivity index (χ4v) is 4.95. The molecule has 0 amide bonds. The van der Waals surface area contributed by atoms with Crippen LogP contribution < -0.4 is 5.56 Å². The van der Waals surface area contributed by atoms with Crippen LogP contribution in [0.3, 0.4) is 0 Å². The fourth-order valence-electron chi connectivity index (χ4n) is 3.86. The molecule has 1 unspecified atom stereocenters. The summed E-state index contributed by atoms with van der Waals surface area (Å²) in [5.74, 6) is 0.101. The van der Waals surface area contributed by atoms with Crippen LogP contribution in [0.5, 0.6) is 0 Å². The Bertz CT molecular complexity index is 938. The maximum Gasteiger partial charge on any atom is 0.348 e. The second-order valence-corrected chi connectivity index (χ2v) is 8.77. The minimum atomic E-state index is -0.500. The Balaban J connectivity index is 1.74. The predicted molar refractivity (Wildman–Crippen MR) is 120 cm³/mol. The molecular weight excluding hydrogens is 420 g/mol. The zero-order chi connectivity index (χ0) is 22.4. The van der Waals surface area contributed by atoms with Gasteiger partial charge in [0, 0.05) is 26.2 Å². The number of aromatic amines is 1. The summed E-state index contributed by atoms with van der Waals surface area (Å²) < 4.78 is 10.5. The molecule has 1 saturated heterocycles. The number of rotatable bonds is 10. The number of fused-ring (bicyclic) bond motifs is 1. The number of morpholine rings is 1. The molecular formula is C21H32N4O5S. The van der Waals surface area contributed by atoms with E-state index in [1.165, 1.54) is 11.3 Å². The summed E-state index contributed by atoms with van der Waals surface area (Å²) in [4.78, 5) is 37.6. The number of H-pyrrole nitrogens is 1. The SMILES string of the molecule is CCCN(Cc1nc2sc(C(=O)OCC)c(C)c2c(=O)[nH]1)CC(O)CN1CCOCC1. The molecule has 31 heavy (non-hydrogen) atoms. The van der Waals surface area contributed by atoms with Crippen molar-refractivity contribution in [3.8, 4) is 0 Å². The largest absolute Gasteiger partial charge is 0.462 e. The van der Waals surface area contributed by atoms with Crippen molar-refractivity contribution in [1.82, 2.24) is 19.8 Å². The first kappa shape index (κ1) is 23.8. The molecule has 10 heteroatoms. The highest BCUT2D eigenvalue weighted by Crippen LogP contribution is 2.27. The lowest BCUT2D eigenvalue weighted by Gasteiger charge is -2.31. The molecule has 0 aliphatic carbocycles. The highest BCUT2D eigenvalue weighted by Gasteiger charge is 2.22. The van der Waals surface area contributed by atoms with Crippen LogP contribution in [0.25, 0.3) is 10.2 Å². The van der Waals surface area contributed by atoms with Crippen molar-refractivity contribution in [3.05, 3.63) is 26.6 Å². The zero-order valence-electron chi connectivity index (χ0n) is 18.5. The molecule has 2 aromatic rings. The summed E-state index contributed by atoms with van der Waals surface area (Å²) >= 11 is 1.19. The van der Waals surface area contributed by atoms with Crippen LogP contribution in [0.4, 0.5) is 0 Å². The molecule has 1 atom stereocenters. The van der Waals surface area contributed by atoms with E-state index in [1.54, 1.807) is 13.8 Å². The number of β-amino-alcohol motifs (C(OH)–C–C–N with tert-alkyl or cyclic N) is 1. The van der Waals surface area contributed by atoms with Crippen LogP contribution in [-0.2, 0) is 16.0 Å². The van der Waals surface area contributed by atoms with Crippen molar-refractivity contribution < 1.29 is 19.4 Å². The van der Waals surface area contributed by atoms with Crippen molar-refractivity contribution >= 4 is 27.5 Å². The quantitative estimate of drug-likeness (QED) is 0.521. The van der Waals surface area contributed by atoms with Gasteiger partial charge in [0.2, 0.25) is 0 Å². The van der Waals surface area contributed by atoms with Gasteiger partial charge in [-0.05, 0) is 32.4 Å². The number of hydrogen-bond acceptors (Lipinski definition) is 9. The summed E-state index contributed by atoms with van der Waals surface area (Å²) in [5.41, 5.74) is 0.347. The lowest BCUT2D eigenvalue weighted by molar-refractivity contribution is 0.00610. The summed E-state index contributed by atoms with van der Waals surface area (Å²) in [5, 5.41) is 11.0. The number of carbonyl (C=O) groups is 1. The van der Waals surface area contributed by atoms with Gasteiger partial charge in [-0.1, -0.05) is 6.92 Å². The van der Waals surface area contributed by atoms with Crippen LogP contribution in [0.2, 0.25) is 0 Å². The minimum absolute atomic E-state index is 0.255. The average Bonchev–Trinajstić information content (AvgIpc) is 3.06. The van der Waals surface area contributed by atoms with Gasteiger partial charge in [0.1, 0.15) is 15.5 Å². The summed E-state index contributed by atoms with van der Waals surface area (Å²) in [6.45, 7) is 11.2. The lowest BCUT2D eigenvalue weighted by atomic mass is 10.2. The number of nitrogens with one attached hydrogen (secondary N) is 1. The molecule has 9 nitrogen and oxygen atoms in total. The first-order chi connectivity index (χ1) is 14.9. The Morgan fingerprint density at radius 3 is 2.81 bits per heavy atom. The molecule has 2 N–H and O–H groups in total. The van der Waals surface area contributed by atoms with Crippen molar-refractivity contribution in [3.63, 3.8) is 0 Å². The standard InChI is InChI=1S/C21H32N4O5S/c1-4-6-25(12-15(26)11-24-7-9-29-10-8-24)13-16-22-19(27)17-14(3)18(21(28)30-5-2)31-20(17)23-16/h15,26H,4-13H2,1-3H3,(H,22,23,27). The monoisotopic (exact) mass is 452 g/mol. The van der Waals surface area contributed by atoms with Gasteiger partial charge >= 0.3 is 5.97 Å². The van der Waals surface area contributed by atoms with Crippen molar-refractivity contribution in [2.45, 2.75) is 39.8 Å². The number of aryl methyl sites for hydroxylation is 1. The summed E-state index contributed by atoms with van der Waals surface area (Å²) in [6, 6.07) is 0. The smallest absolute Gasteiger partial charge is 0.348 e. The van der Waals surface area contributed by atoms with Gasteiger partial charge in [0.15, 0.2) is 0 Å². The number of nitrogens with zero attached hydrogens (tertiary/aromatic N) is 3. The molecule has 172 valence electrons. The molecule has 1 aliphatic heterocycles. The van der Waals surface area contributed by atoms with Crippen molar-refractivity contribution in [2.24, 2.45) is 0 Å². The van der Waals surface area contributed by atoms with E-state index in [4.69, 9.17) is 9.47 Å². The molecule has 1 fully saturated rings. The first-order valence-corrected chi connectivity index (χ1v) is 11.6. The topological polar surface area (TPSA) is 108 Å². The third-order valence-corrected chi connectivity index (χ3v) is 6.43. The van der Waals surface area contributed by atoms with Gasteiger partial charge in [0.05, 0.1) is 37.9 Å². The maximum absolute atomic E-state index is 12.7. The lowest BCUT2D eigenvalue weighted by Crippen LogP contribution is -2.44. The number of carbonyl (C=O) groups excluding carboxylic acids is 1. The van der Waals surface area contributed by atoms with Crippen LogP contribution in [0.1, 0.15) is 41.3 Å². The van der Waals surface area contributed by atoms with E-state index < -0.39 is 12.1 Å². The van der Waals surface area contributed by atoms with Gasteiger partial charge in [0.25, 0.3) is 5.56 Å². The number of aliphatic hydroxyl groups excluding tert-OH is 1. The number of ether oxygens (including phenoxy) is 2. The summed E-state index contributed by atoms with van der Waals surface area (Å²) in [7, 11) is 0. The Morgan fingerprint density at radius 1 is 1.39 bits per heavy atom. The average molecular weight is 453 g/mol. The third kappa shape index (κ3) is 6.11. The van der Waals surface area contributed by atoms with Gasteiger partial charge in [-0.15, -0.1) is 11.3 Å². The van der Waals surface area contributed by atoms with E-state index >= 15 is 0 Å². The second-order valence-electron chi connectivity index (χ2n) is 7.77. The predicted octanol–water partition coefficient (Wildman–Crippen LogP) is 1.37. The normalized spacial score (nSPS) is 16.2. The third-order valence-electron chi connectivity index (χ3n) is 5.27. The molecule has 3 heterocycles. The van der Waals surface area contributed by atoms with E-state index in [0.29, 0.717) is 59.3 Å². The highest BCUT2D eigenvalue weighted by atomic mass is 32.1. The molecule has 0 radical (unpaired) electrons. The fraction of sp³-hybridized carbons (Fsp3) is 0.667. The van der Waals surface area contributed by atoms with E-state index in [0.717, 1.165) is 26.1 Å². The summed E-state index contributed by atoms with van der Waals surface area (Å²) in [6.07, 6.45) is 0.418. The van der Waals surface area contributed by atoms with Gasteiger partial charge in [-0.3, -0.25) is 14.6 Å². The molecule has 1 aliphatic rings. The second kappa shape index (κ2) is 11.1. The number of esters is 1. The number of thiophene rings is 1. The van der Waals surface area contributed by atoms with E-state index in [-0.39, 0.29) is 12.2 Å². The van der Waals surface area contributed by atoms with Crippen LogP contribution >= 0.6 is 11.3 Å². The number of hydrogen-bond donors (Lipinski definition) is 2. The van der Waals surface area contributed by atoms with E-state index in [2.05, 4.69) is 26.7 Å². The molecule has 0 spiro atoms. The van der Waals surface area contributed by atoms with Crippen LogP contribution in [-0.4, -0.2) is 89.5 Å². The molecule has 3 rings (SSSR count).